The number of alkyl halides is 5. The molecule has 0 N–H and O–H groups in total. The largest absolute Gasteiger partial charge is 0.586 e. The number of hydrogen-bond acceptors (Lipinski definition) is 7. The summed E-state index contributed by atoms with van der Waals surface area (Å²) < 4.78 is 100.0. The summed E-state index contributed by atoms with van der Waals surface area (Å²) in [6, 6.07) is 18.0. The van der Waals surface area contributed by atoms with Crippen LogP contribution in [0.1, 0.15) is 17.1 Å². The van der Waals surface area contributed by atoms with Crippen LogP contribution >= 0.6 is 0 Å². The van der Waals surface area contributed by atoms with Crippen LogP contribution in [0.2, 0.25) is 0 Å². The topological polar surface area (TPSA) is 96.4 Å². The molecule has 3 heterocycles. The summed E-state index contributed by atoms with van der Waals surface area (Å²) in [6.07, 6.45) is -7.22. The summed E-state index contributed by atoms with van der Waals surface area (Å²) >= 11 is -0.750. The van der Waals surface area contributed by atoms with Crippen molar-refractivity contribution in [2.24, 2.45) is 0 Å². The zero-order valence-electron chi connectivity index (χ0n) is 21.6. The van der Waals surface area contributed by atoms with Crippen LogP contribution in [0, 0.1) is 13.8 Å². The van der Waals surface area contributed by atoms with Gasteiger partial charge >= 0.3 is 24.0 Å². The van der Waals surface area contributed by atoms with Crippen molar-refractivity contribution < 1.29 is 44.3 Å². The second kappa shape index (κ2) is 10.9. The highest BCUT2D eigenvalue weighted by atomic mass is 32.1. The Balaban J connectivity index is 0.00000113. The van der Waals surface area contributed by atoms with Crippen LogP contribution in [0.25, 0.3) is 39.4 Å². The van der Waals surface area contributed by atoms with Crippen LogP contribution in [-0.4, -0.2) is 29.5 Å². The number of benzene rings is 3. The van der Waals surface area contributed by atoms with E-state index in [2.05, 4.69) is 19.6 Å². The third kappa shape index (κ3) is 5.79. The van der Waals surface area contributed by atoms with E-state index in [1.807, 2.05) is 31.2 Å². The lowest BCUT2D eigenvalue weighted by Gasteiger charge is -2.13. The Morgan fingerprint density at radius 1 is 0.857 bits per heavy atom. The molecule has 6 rings (SSSR count). The third-order valence-electron chi connectivity index (χ3n) is 6.13. The normalized spacial score (nSPS) is 13.4. The van der Waals surface area contributed by atoms with Gasteiger partial charge in [-0.1, -0.05) is 35.9 Å². The first-order chi connectivity index (χ1) is 19.9. The van der Waals surface area contributed by atoms with Gasteiger partial charge in [0.05, 0.1) is 5.69 Å². The maximum absolute atomic E-state index is 13.6. The summed E-state index contributed by atoms with van der Waals surface area (Å²) in [6.45, 7) is 3.55. The highest BCUT2D eigenvalue weighted by molar-refractivity contribution is 7.51. The van der Waals surface area contributed by atoms with Crippen molar-refractivity contribution in [3.63, 3.8) is 0 Å². The van der Waals surface area contributed by atoms with Gasteiger partial charge in [0.2, 0.25) is 0 Å². The van der Waals surface area contributed by atoms with E-state index in [-0.39, 0.29) is 28.8 Å². The van der Waals surface area contributed by atoms with Crippen LogP contribution in [0.4, 0.5) is 22.0 Å². The lowest BCUT2D eigenvalue weighted by Crippen LogP contribution is -2.25. The number of hydrogen-bond donors (Lipinski definition) is 0. The Morgan fingerprint density at radius 3 is 2.24 bits per heavy atom. The third-order valence-corrected chi connectivity index (χ3v) is 6.13. The second-order valence-corrected chi connectivity index (χ2v) is 9.19. The molecule has 42 heavy (non-hydrogen) atoms. The average molecular weight is 604 g/mol. The van der Waals surface area contributed by atoms with Crippen molar-refractivity contribution in [1.82, 2.24) is 14.8 Å². The van der Waals surface area contributed by atoms with Gasteiger partial charge < -0.3 is 13.9 Å². The maximum atomic E-state index is 13.6. The first kappa shape index (κ1) is 28.7. The number of oxazole rings is 1. The fraction of sp³-hybridized carbons (Fsp3) is 0.143. The van der Waals surface area contributed by atoms with E-state index in [9.17, 15) is 22.0 Å². The van der Waals surface area contributed by atoms with Crippen molar-refractivity contribution in [2.75, 3.05) is 0 Å². The highest BCUT2D eigenvalue weighted by Crippen LogP contribution is 2.45. The Kier molecular flexibility index (Phi) is 7.41. The van der Waals surface area contributed by atoms with Crippen LogP contribution in [0.15, 0.2) is 77.3 Å². The Labute approximate surface area is 237 Å². The summed E-state index contributed by atoms with van der Waals surface area (Å²) in [5, 5.41) is 3.74. The molecule has 14 heteroatoms. The quantitative estimate of drug-likeness (QED) is 0.201. The fourth-order valence-electron chi connectivity index (χ4n) is 4.43. The van der Waals surface area contributed by atoms with Crippen LogP contribution < -0.4 is 9.47 Å². The van der Waals surface area contributed by atoms with Gasteiger partial charge in [-0.2, -0.15) is 26.7 Å². The van der Waals surface area contributed by atoms with Gasteiger partial charge in [0.15, 0.2) is 28.8 Å². The smallest absolute Gasteiger partial charge is 0.440 e. The monoisotopic (exact) mass is 603 g/mol. The van der Waals surface area contributed by atoms with Crippen molar-refractivity contribution in [1.29, 1.82) is 0 Å². The average Bonchev–Trinajstić information content (AvgIpc) is 3.64. The van der Waals surface area contributed by atoms with Crippen molar-refractivity contribution in [3.05, 3.63) is 90.1 Å². The number of halogens is 5. The molecule has 0 spiro atoms. The first-order valence-corrected chi connectivity index (χ1v) is 12.7. The SMILES string of the molecule is Cc1cccc(-c2ccc(-n3ccc(C(F)(F)F)n3)c(-c3oc(C)nc3-c3ccc4c(c3)OC(F)(F)O4)c2)c1.O=S=O. The minimum Gasteiger partial charge on any atom is -0.440 e. The number of rotatable bonds is 4. The second-order valence-electron chi connectivity index (χ2n) is 9.05. The summed E-state index contributed by atoms with van der Waals surface area (Å²) in [5.41, 5.74) is 2.96. The molecule has 0 fully saturated rings. The molecule has 1 aliphatic rings. The molecule has 5 aromatic rings. The number of fused-ring (bicyclic) bond motifs is 1. The van der Waals surface area contributed by atoms with Crippen molar-refractivity contribution in [3.8, 4) is 50.9 Å². The van der Waals surface area contributed by atoms with Crippen LogP contribution in [-0.2, 0) is 17.7 Å². The molecule has 0 unspecified atom stereocenters. The molecule has 0 amide bonds. The van der Waals surface area contributed by atoms with Crippen molar-refractivity contribution in [2.45, 2.75) is 26.3 Å². The van der Waals surface area contributed by atoms with Gasteiger partial charge in [0.25, 0.3) is 0 Å². The van der Waals surface area contributed by atoms with E-state index < -0.39 is 29.7 Å². The molecule has 2 aromatic heterocycles. The van der Waals surface area contributed by atoms with Crippen LogP contribution in [0.5, 0.6) is 11.5 Å². The Morgan fingerprint density at radius 2 is 1.55 bits per heavy atom. The van der Waals surface area contributed by atoms with Gasteiger partial charge in [-0.3, -0.25) is 0 Å². The van der Waals surface area contributed by atoms with Gasteiger partial charge in [-0.05, 0) is 54.4 Å². The number of ether oxygens (including phenoxy) is 2. The van der Waals surface area contributed by atoms with Gasteiger partial charge in [0, 0.05) is 24.2 Å². The lowest BCUT2D eigenvalue weighted by molar-refractivity contribution is -0.286. The zero-order chi connectivity index (χ0) is 30.2. The predicted octanol–water partition coefficient (Wildman–Crippen LogP) is 7.15. The molecule has 0 saturated carbocycles. The molecule has 216 valence electrons. The Bertz CT molecular complexity index is 1830. The van der Waals surface area contributed by atoms with Gasteiger partial charge in [0.1, 0.15) is 5.69 Å². The number of aromatic nitrogens is 3. The molecular weight excluding hydrogens is 585 g/mol. The molecule has 0 aliphatic carbocycles. The molecular formula is C28H18F5N3O5S. The lowest BCUT2D eigenvalue weighted by atomic mass is 9.97. The molecule has 0 radical (unpaired) electrons. The summed E-state index contributed by atoms with van der Waals surface area (Å²) in [5.74, 6) is 0.154. The van der Waals surface area contributed by atoms with E-state index >= 15 is 0 Å². The Hall–Kier alpha value is -4.85. The summed E-state index contributed by atoms with van der Waals surface area (Å²) in [4.78, 5) is 4.45. The molecule has 0 atom stereocenters. The zero-order valence-corrected chi connectivity index (χ0v) is 22.4. The molecule has 3 aromatic carbocycles. The standard InChI is InChI=1S/C28H18F5N3O3.O2S/c1-15-4-3-5-17(12-15)18-6-8-21(36-11-10-24(35-36)27(29,30)31)20(13-18)26-25(34-16(2)37-26)19-7-9-22-23(14-19)39-28(32,33)38-22;1-3-2/h3-14H,1-2H3;. The molecule has 0 saturated heterocycles. The van der Waals surface area contributed by atoms with E-state index in [1.165, 1.54) is 24.4 Å². The molecule has 8 nitrogen and oxygen atoms in total. The maximum Gasteiger partial charge on any atom is 0.586 e. The minimum atomic E-state index is -4.63. The van der Waals surface area contributed by atoms with Crippen LogP contribution in [0.3, 0.4) is 0 Å². The molecule has 1 aliphatic heterocycles. The van der Waals surface area contributed by atoms with Gasteiger partial charge in [-0.15, -0.1) is 8.78 Å². The number of aryl methyl sites for hydroxylation is 2. The van der Waals surface area contributed by atoms with E-state index in [4.69, 9.17) is 12.8 Å². The van der Waals surface area contributed by atoms with E-state index in [0.717, 1.165) is 27.4 Å². The predicted molar refractivity (Wildman–Crippen MR) is 140 cm³/mol. The molecule has 0 bridgehead atoms. The van der Waals surface area contributed by atoms with Gasteiger partial charge in [-0.25, -0.2) is 9.67 Å². The summed E-state index contributed by atoms with van der Waals surface area (Å²) in [7, 11) is 0. The first-order valence-electron chi connectivity index (χ1n) is 12.0. The fourth-order valence-corrected chi connectivity index (χ4v) is 4.43. The van der Waals surface area contributed by atoms with E-state index in [0.29, 0.717) is 16.8 Å². The minimum absolute atomic E-state index is 0.135. The number of nitrogens with zero attached hydrogens (tertiary/aromatic N) is 3. The highest BCUT2D eigenvalue weighted by Gasteiger charge is 2.43. The van der Waals surface area contributed by atoms with Crippen molar-refractivity contribution >= 4 is 11.6 Å². The van der Waals surface area contributed by atoms with E-state index in [1.54, 1.807) is 25.1 Å².